The fourth-order valence-electron chi connectivity index (χ4n) is 2.31. The predicted octanol–water partition coefficient (Wildman–Crippen LogP) is 3.85. The van der Waals surface area contributed by atoms with Gasteiger partial charge in [-0.1, -0.05) is 18.2 Å². The molecule has 0 aromatic heterocycles. The van der Waals surface area contributed by atoms with Gasteiger partial charge < -0.3 is 4.74 Å². The highest BCUT2D eigenvalue weighted by molar-refractivity contribution is 5.42. The van der Waals surface area contributed by atoms with E-state index in [1.807, 2.05) is 12.1 Å². The molecule has 0 saturated heterocycles. The number of nitrogens with zero attached hydrogens (tertiary/aromatic N) is 1. The number of hydrogen-bond acceptors (Lipinski definition) is 1. The van der Waals surface area contributed by atoms with Crippen molar-refractivity contribution in [2.45, 2.75) is 13.5 Å². The average molecular weight is 256 g/mol. The van der Waals surface area contributed by atoms with Crippen LogP contribution in [-0.4, -0.2) is 20.7 Å². The largest absolute Gasteiger partial charge is 0.497 e. The highest BCUT2D eigenvalue weighted by Gasteiger charge is 2.22. The molecule has 2 aromatic rings. The number of para-hydroxylation sites is 1. The summed E-state index contributed by atoms with van der Waals surface area (Å²) in [5, 5.41) is 0. The van der Waals surface area contributed by atoms with E-state index in [0.29, 0.717) is 0 Å². The third-order valence-corrected chi connectivity index (χ3v) is 3.77. The van der Waals surface area contributed by atoms with Gasteiger partial charge in [-0.05, 0) is 43.3 Å². The van der Waals surface area contributed by atoms with Gasteiger partial charge in [0, 0.05) is 5.56 Å². The molecule has 0 spiro atoms. The standard InChI is InChI=1S/C17H22NO/c1-4-18(2,16-8-6-5-7-9-16)14-15-10-12-17(19-3)13-11-15/h5-13H,4,14H2,1-3H3/q+1. The Labute approximate surface area is 115 Å². The Hall–Kier alpha value is -1.80. The molecule has 0 aliphatic carbocycles. The van der Waals surface area contributed by atoms with Crippen LogP contribution in [0.25, 0.3) is 0 Å². The molecule has 0 heterocycles. The third-order valence-electron chi connectivity index (χ3n) is 3.77. The summed E-state index contributed by atoms with van der Waals surface area (Å²) in [6.45, 7) is 4.29. The number of ether oxygens (including phenoxy) is 1. The van der Waals surface area contributed by atoms with Gasteiger partial charge in [0.05, 0.1) is 20.7 Å². The van der Waals surface area contributed by atoms with Crippen molar-refractivity contribution >= 4 is 5.69 Å². The second kappa shape index (κ2) is 5.89. The minimum absolute atomic E-state index is 0.910. The van der Waals surface area contributed by atoms with E-state index in [1.54, 1.807) is 7.11 Å². The van der Waals surface area contributed by atoms with E-state index >= 15 is 0 Å². The lowest BCUT2D eigenvalue weighted by atomic mass is 10.1. The molecular weight excluding hydrogens is 234 g/mol. The molecule has 0 bridgehead atoms. The Morgan fingerprint density at radius 1 is 0.947 bits per heavy atom. The quantitative estimate of drug-likeness (QED) is 0.738. The fourth-order valence-corrected chi connectivity index (χ4v) is 2.31. The zero-order chi connectivity index (χ0) is 13.7. The van der Waals surface area contributed by atoms with Crippen LogP contribution in [0.1, 0.15) is 12.5 Å². The molecular formula is C17H22NO+. The molecule has 0 aliphatic heterocycles. The van der Waals surface area contributed by atoms with Crippen molar-refractivity contribution in [2.24, 2.45) is 0 Å². The molecule has 2 nitrogen and oxygen atoms in total. The molecule has 2 rings (SSSR count). The van der Waals surface area contributed by atoms with Gasteiger partial charge in [0.2, 0.25) is 0 Å². The van der Waals surface area contributed by atoms with E-state index in [2.05, 4.69) is 56.4 Å². The Kier molecular flexibility index (Phi) is 4.23. The van der Waals surface area contributed by atoms with E-state index in [9.17, 15) is 0 Å². The first-order valence-corrected chi connectivity index (χ1v) is 6.71. The second-order valence-corrected chi connectivity index (χ2v) is 5.05. The van der Waals surface area contributed by atoms with Crippen molar-refractivity contribution in [3.05, 3.63) is 60.2 Å². The Bertz CT molecular complexity index is 507. The van der Waals surface area contributed by atoms with Gasteiger partial charge in [-0.25, -0.2) is 0 Å². The highest BCUT2D eigenvalue weighted by Crippen LogP contribution is 2.24. The maximum absolute atomic E-state index is 5.21. The molecule has 0 aliphatic rings. The highest BCUT2D eigenvalue weighted by atomic mass is 16.5. The van der Waals surface area contributed by atoms with Crippen LogP contribution < -0.4 is 9.22 Å². The summed E-state index contributed by atoms with van der Waals surface area (Å²) in [4.78, 5) is 0. The first-order chi connectivity index (χ1) is 9.18. The summed E-state index contributed by atoms with van der Waals surface area (Å²) < 4.78 is 6.12. The maximum Gasteiger partial charge on any atom is 0.132 e. The van der Waals surface area contributed by atoms with Crippen LogP contribution in [0.5, 0.6) is 5.75 Å². The molecule has 0 saturated carbocycles. The van der Waals surface area contributed by atoms with E-state index in [-0.39, 0.29) is 0 Å². The smallest absolute Gasteiger partial charge is 0.132 e. The monoisotopic (exact) mass is 256 g/mol. The van der Waals surface area contributed by atoms with Gasteiger partial charge in [-0.3, -0.25) is 4.48 Å². The Morgan fingerprint density at radius 3 is 2.11 bits per heavy atom. The molecule has 2 aromatic carbocycles. The first kappa shape index (κ1) is 13.6. The van der Waals surface area contributed by atoms with Crippen LogP contribution in [0.4, 0.5) is 5.69 Å². The Balaban J connectivity index is 2.22. The van der Waals surface area contributed by atoms with Gasteiger partial charge in [0.15, 0.2) is 0 Å². The predicted molar refractivity (Wildman–Crippen MR) is 81.4 cm³/mol. The summed E-state index contributed by atoms with van der Waals surface area (Å²) in [6, 6.07) is 19.0. The van der Waals surface area contributed by atoms with Crippen molar-refractivity contribution in [1.82, 2.24) is 4.48 Å². The molecule has 2 heteroatoms. The average Bonchev–Trinajstić information content (AvgIpc) is 2.49. The van der Waals surface area contributed by atoms with Crippen molar-refractivity contribution in [2.75, 3.05) is 20.7 Å². The molecule has 0 fully saturated rings. The number of quaternary nitrogens is 1. The summed E-state index contributed by atoms with van der Waals surface area (Å²) >= 11 is 0. The topological polar surface area (TPSA) is 9.23 Å². The number of rotatable bonds is 5. The van der Waals surface area contributed by atoms with Gasteiger partial charge >= 0.3 is 0 Å². The van der Waals surface area contributed by atoms with Crippen molar-refractivity contribution < 1.29 is 4.74 Å². The maximum atomic E-state index is 5.21. The van der Waals surface area contributed by atoms with Crippen LogP contribution in [0, 0.1) is 0 Å². The number of benzene rings is 2. The van der Waals surface area contributed by atoms with Crippen LogP contribution in [-0.2, 0) is 6.54 Å². The minimum atomic E-state index is 0.910. The van der Waals surface area contributed by atoms with E-state index in [0.717, 1.165) is 23.3 Å². The van der Waals surface area contributed by atoms with E-state index < -0.39 is 0 Å². The molecule has 100 valence electrons. The third kappa shape index (κ3) is 3.15. The van der Waals surface area contributed by atoms with Crippen LogP contribution >= 0.6 is 0 Å². The molecule has 0 radical (unpaired) electrons. The molecule has 0 N–H and O–H groups in total. The number of methoxy groups -OCH3 is 1. The molecule has 19 heavy (non-hydrogen) atoms. The minimum Gasteiger partial charge on any atom is -0.497 e. The Morgan fingerprint density at radius 2 is 1.58 bits per heavy atom. The van der Waals surface area contributed by atoms with Gasteiger partial charge in [-0.2, -0.15) is 0 Å². The zero-order valence-corrected chi connectivity index (χ0v) is 12.0. The first-order valence-electron chi connectivity index (χ1n) is 6.71. The van der Waals surface area contributed by atoms with Gasteiger partial charge in [0.1, 0.15) is 18.0 Å². The van der Waals surface area contributed by atoms with E-state index in [4.69, 9.17) is 4.74 Å². The lowest BCUT2D eigenvalue weighted by Crippen LogP contribution is -2.43. The summed E-state index contributed by atoms with van der Waals surface area (Å²) in [7, 11) is 3.98. The van der Waals surface area contributed by atoms with Crippen molar-refractivity contribution in [3.8, 4) is 5.75 Å². The summed E-state index contributed by atoms with van der Waals surface area (Å²) in [6.07, 6.45) is 0. The van der Waals surface area contributed by atoms with E-state index in [1.165, 1.54) is 11.3 Å². The fraction of sp³-hybridized carbons (Fsp3) is 0.294. The van der Waals surface area contributed by atoms with Crippen molar-refractivity contribution in [1.29, 1.82) is 0 Å². The summed E-state index contributed by atoms with van der Waals surface area (Å²) in [5.74, 6) is 0.911. The normalized spacial score (nSPS) is 13.8. The van der Waals surface area contributed by atoms with Crippen molar-refractivity contribution in [3.63, 3.8) is 0 Å². The van der Waals surface area contributed by atoms with Crippen LogP contribution in [0.15, 0.2) is 54.6 Å². The molecule has 1 unspecified atom stereocenters. The lowest BCUT2D eigenvalue weighted by Gasteiger charge is -2.33. The second-order valence-electron chi connectivity index (χ2n) is 5.05. The van der Waals surface area contributed by atoms with Gasteiger partial charge in [-0.15, -0.1) is 0 Å². The number of hydrogen-bond donors (Lipinski definition) is 0. The zero-order valence-electron chi connectivity index (χ0n) is 12.0. The van der Waals surface area contributed by atoms with Crippen LogP contribution in [0.3, 0.4) is 0 Å². The summed E-state index contributed by atoms with van der Waals surface area (Å²) in [5.41, 5.74) is 2.68. The van der Waals surface area contributed by atoms with Gasteiger partial charge in [0.25, 0.3) is 0 Å². The van der Waals surface area contributed by atoms with Crippen LogP contribution in [0.2, 0.25) is 0 Å². The molecule has 0 amide bonds. The SMILES string of the molecule is CC[N+](C)(Cc1ccc(OC)cc1)c1ccccc1. The molecule has 1 atom stereocenters. The lowest BCUT2D eigenvalue weighted by molar-refractivity contribution is 0.338.